The summed E-state index contributed by atoms with van der Waals surface area (Å²) in [5.74, 6) is 1.03. The van der Waals surface area contributed by atoms with E-state index in [0.29, 0.717) is 23.7 Å². The molecule has 0 aliphatic carbocycles. The van der Waals surface area contributed by atoms with E-state index in [1.54, 1.807) is 30.5 Å². The van der Waals surface area contributed by atoms with Crippen molar-refractivity contribution < 1.29 is 9.53 Å². The van der Waals surface area contributed by atoms with E-state index >= 15 is 0 Å². The van der Waals surface area contributed by atoms with Crippen molar-refractivity contribution in [2.24, 2.45) is 0 Å². The Morgan fingerprint density at radius 3 is 2.62 bits per heavy atom. The molecule has 0 unspecified atom stereocenters. The maximum absolute atomic E-state index is 12.3. The summed E-state index contributed by atoms with van der Waals surface area (Å²) in [5, 5.41) is 2.80. The number of pyridine rings is 1. The third kappa shape index (κ3) is 3.75. The molecule has 0 atom stereocenters. The van der Waals surface area contributed by atoms with Crippen molar-refractivity contribution in [1.29, 1.82) is 0 Å². The van der Waals surface area contributed by atoms with Crippen LogP contribution in [-0.4, -0.2) is 19.6 Å². The van der Waals surface area contributed by atoms with Crippen molar-refractivity contribution >= 4 is 23.5 Å². The van der Waals surface area contributed by atoms with Crippen molar-refractivity contribution in [2.75, 3.05) is 5.32 Å². The van der Waals surface area contributed by atoms with Gasteiger partial charge in [-0.25, -0.2) is 4.98 Å². The third-order valence-corrected chi connectivity index (χ3v) is 4.14. The highest BCUT2D eigenvalue weighted by Crippen LogP contribution is 2.16. The minimum absolute atomic E-state index is 0.206. The molecule has 1 aromatic carbocycles. The molecule has 1 amide bonds. The quantitative estimate of drug-likeness (QED) is 0.770. The molecule has 7 heteroatoms. The number of amides is 1. The van der Waals surface area contributed by atoms with E-state index in [2.05, 4.69) is 19.0 Å². The van der Waals surface area contributed by atoms with Crippen LogP contribution in [0.2, 0.25) is 0 Å². The molecule has 0 spiro atoms. The van der Waals surface area contributed by atoms with Crippen LogP contribution in [-0.2, 0) is 6.61 Å². The molecule has 0 aliphatic heterocycles. The fourth-order valence-electron chi connectivity index (χ4n) is 2.03. The molecular formula is C17H16N4O2S. The molecule has 6 nitrogen and oxygen atoms in total. The van der Waals surface area contributed by atoms with Gasteiger partial charge in [-0.15, -0.1) is 0 Å². The van der Waals surface area contributed by atoms with Crippen LogP contribution < -0.4 is 10.1 Å². The van der Waals surface area contributed by atoms with Crippen LogP contribution in [0.5, 0.6) is 5.75 Å². The molecule has 0 saturated carbocycles. The zero-order chi connectivity index (χ0) is 16.9. The summed E-state index contributed by atoms with van der Waals surface area (Å²) in [6.45, 7) is 4.16. The smallest absolute Gasteiger partial charge is 0.256 e. The van der Waals surface area contributed by atoms with E-state index in [9.17, 15) is 4.79 Å². The van der Waals surface area contributed by atoms with E-state index in [1.165, 1.54) is 11.7 Å². The minimum atomic E-state index is -0.206. The number of benzene rings is 1. The lowest BCUT2D eigenvalue weighted by Crippen LogP contribution is -2.13. The van der Waals surface area contributed by atoms with Crippen LogP contribution in [0.4, 0.5) is 5.82 Å². The van der Waals surface area contributed by atoms with Crippen molar-refractivity contribution in [3.63, 3.8) is 0 Å². The van der Waals surface area contributed by atoms with Crippen molar-refractivity contribution in [3.8, 4) is 5.75 Å². The predicted octanol–water partition coefficient (Wildman–Crippen LogP) is 3.38. The molecule has 0 fully saturated rings. The van der Waals surface area contributed by atoms with E-state index in [4.69, 9.17) is 4.74 Å². The van der Waals surface area contributed by atoms with E-state index in [1.807, 2.05) is 26.0 Å². The second kappa shape index (κ2) is 7.18. The second-order valence-electron chi connectivity index (χ2n) is 5.23. The lowest BCUT2D eigenvalue weighted by Gasteiger charge is -2.08. The Hall–Kier alpha value is -2.80. The number of nitrogens with one attached hydrogen (secondary N) is 1. The van der Waals surface area contributed by atoms with Gasteiger partial charge >= 0.3 is 0 Å². The molecule has 0 aliphatic rings. The molecular weight excluding hydrogens is 324 g/mol. The standard InChI is InChI=1S/C17H16N4O2S/c1-11-4-3-9-18-16(11)19-17(22)13-5-7-14(8-6-13)23-10-15-12(2)20-24-21-15/h3-9H,10H2,1-2H3,(H,18,19,22). The summed E-state index contributed by atoms with van der Waals surface area (Å²) in [6.07, 6.45) is 1.65. The summed E-state index contributed by atoms with van der Waals surface area (Å²) < 4.78 is 13.9. The zero-order valence-corrected chi connectivity index (χ0v) is 14.1. The van der Waals surface area contributed by atoms with Gasteiger partial charge in [-0.3, -0.25) is 4.79 Å². The fourth-order valence-corrected chi connectivity index (χ4v) is 2.58. The molecule has 0 saturated heterocycles. The summed E-state index contributed by atoms with van der Waals surface area (Å²) in [7, 11) is 0. The van der Waals surface area contributed by atoms with Gasteiger partial charge in [0, 0.05) is 11.8 Å². The first kappa shape index (κ1) is 16.1. The number of carbonyl (C=O) groups is 1. The number of hydrogen-bond donors (Lipinski definition) is 1. The number of rotatable bonds is 5. The molecule has 3 rings (SSSR count). The number of aryl methyl sites for hydroxylation is 2. The van der Waals surface area contributed by atoms with Gasteiger partial charge < -0.3 is 10.1 Å². The van der Waals surface area contributed by atoms with Gasteiger partial charge in [0.1, 0.15) is 23.9 Å². The number of aromatic nitrogens is 3. The summed E-state index contributed by atoms with van der Waals surface area (Å²) in [5.41, 5.74) is 3.16. The van der Waals surface area contributed by atoms with Crippen LogP contribution >= 0.6 is 11.7 Å². The largest absolute Gasteiger partial charge is 0.487 e. The lowest BCUT2D eigenvalue weighted by atomic mass is 10.2. The number of carbonyl (C=O) groups excluding carboxylic acids is 1. The van der Waals surface area contributed by atoms with Crippen LogP contribution in [0.1, 0.15) is 27.3 Å². The van der Waals surface area contributed by atoms with Gasteiger partial charge in [-0.2, -0.15) is 8.75 Å². The van der Waals surface area contributed by atoms with Gasteiger partial charge in [0.05, 0.1) is 17.4 Å². The van der Waals surface area contributed by atoms with E-state index in [0.717, 1.165) is 17.0 Å². The molecule has 0 bridgehead atoms. The van der Waals surface area contributed by atoms with Gasteiger partial charge in [0.15, 0.2) is 0 Å². The average Bonchev–Trinajstić information content (AvgIpc) is 3.00. The molecule has 2 aromatic heterocycles. The highest BCUT2D eigenvalue weighted by atomic mass is 32.1. The van der Waals surface area contributed by atoms with Gasteiger partial charge in [-0.05, 0) is 49.7 Å². The van der Waals surface area contributed by atoms with Gasteiger partial charge in [-0.1, -0.05) is 6.07 Å². The lowest BCUT2D eigenvalue weighted by molar-refractivity contribution is 0.102. The highest BCUT2D eigenvalue weighted by Gasteiger charge is 2.09. The fraction of sp³-hybridized carbons (Fsp3) is 0.176. The Morgan fingerprint density at radius 2 is 1.96 bits per heavy atom. The molecule has 2 heterocycles. The predicted molar refractivity (Wildman–Crippen MR) is 92.3 cm³/mol. The van der Waals surface area contributed by atoms with E-state index in [-0.39, 0.29) is 5.91 Å². The normalized spacial score (nSPS) is 10.4. The molecule has 24 heavy (non-hydrogen) atoms. The summed E-state index contributed by atoms with van der Waals surface area (Å²) >= 11 is 1.17. The Bertz CT molecular complexity index is 846. The van der Waals surface area contributed by atoms with Crippen molar-refractivity contribution in [2.45, 2.75) is 20.5 Å². The van der Waals surface area contributed by atoms with Crippen LogP contribution in [0.3, 0.4) is 0 Å². The summed E-state index contributed by atoms with van der Waals surface area (Å²) in [6, 6.07) is 10.7. The number of anilines is 1. The Morgan fingerprint density at radius 1 is 1.17 bits per heavy atom. The number of nitrogens with zero attached hydrogens (tertiary/aromatic N) is 3. The zero-order valence-electron chi connectivity index (χ0n) is 13.3. The van der Waals surface area contributed by atoms with E-state index < -0.39 is 0 Å². The summed E-state index contributed by atoms with van der Waals surface area (Å²) in [4.78, 5) is 16.4. The van der Waals surface area contributed by atoms with Crippen LogP contribution in [0.15, 0.2) is 42.6 Å². The number of hydrogen-bond acceptors (Lipinski definition) is 6. The molecule has 1 N–H and O–H groups in total. The first-order chi connectivity index (χ1) is 11.6. The topological polar surface area (TPSA) is 77.0 Å². The second-order valence-corrected chi connectivity index (χ2v) is 5.76. The van der Waals surface area contributed by atoms with Crippen molar-refractivity contribution in [3.05, 3.63) is 65.1 Å². The van der Waals surface area contributed by atoms with Gasteiger partial charge in [0.25, 0.3) is 5.91 Å². The SMILES string of the molecule is Cc1cccnc1NC(=O)c1ccc(OCc2nsnc2C)cc1. The molecule has 3 aromatic rings. The average molecular weight is 340 g/mol. The minimum Gasteiger partial charge on any atom is -0.487 e. The molecule has 122 valence electrons. The molecule has 0 radical (unpaired) electrons. The number of ether oxygens (including phenoxy) is 1. The Kier molecular flexibility index (Phi) is 4.81. The first-order valence-corrected chi connectivity index (χ1v) is 8.10. The highest BCUT2D eigenvalue weighted by molar-refractivity contribution is 6.99. The maximum atomic E-state index is 12.3. The monoisotopic (exact) mass is 340 g/mol. The van der Waals surface area contributed by atoms with Crippen LogP contribution in [0, 0.1) is 13.8 Å². The van der Waals surface area contributed by atoms with Crippen LogP contribution in [0.25, 0.3) is 0 Å². The Labute approximate surface area is 143 Å². The van der Waals surface area contributed by atoms with Crippen molar-refractivity contribution in [1.82, 2.24) is 13.7 Å². The first-order valence-electron chi connectivity index (χ1n) is 7.37. The maximum Gasteiger partial charge on any atom is 0.256 e. The third-order valence-electron chi connectivity index (χ3n) is 3.48. The van der Waals surface area contributed by atoms with Gasteiger partial charge in [0.2, 0.25) is 0 Å². The Balaban J connectivity index is 1.62.